The summed E-state index contributed by atoms with van der Waals surface area (Å²) in [6.45, 7) is 5.35. The first kappa shape index (κ1) is 21.5. The molecule has 158 valence electrons. The summed E-state index contributed by atoms with van der Waals surface area (Å²) in [5.74, 6) is -0.713. The number of fused-ring (bicyclic) bond motifs is 2. The quantitative estimate of drug-likeness (QED) is 0.372. The molecule has 1 fully saturated rings. The summed E-state index contributed by atoms with van der Waals surface area (Å²) in [6, 6.07) is 9.47. The molecular weight excluding hydrogens is 368 g/mol. The van der Waals surface area contributed by atoms with Crippen LogP contribution in [0.15, 0.2) is 42.5 Å². The van der Waals surface area contributed by atoms with Crippen molar-refractivity contribution in [3.05, 3.63) is 48.0 Å². The number of ether oxygens (including phenoxy) is 2. The third-order valence-electron chi connectivity index (χ3n) is 5.85. The minimum atomic E-state index is -0.434. The SMILES string of the molecule is CCCCNC(=O)C(CC)N(Cc1ccccc1)[C@H]1[C@H](C(=O)OC)[C@H]2C=C[C@@H]1O2. The van der Waals surface area contributed by atoms with Crippen LogP contribution in [-0.4, -0.2) is 54.7 Å². The summed E-state index contributed by atoms with van der Waals surface area (Å²) in [4.78, 5) is 27.8. The number of nitrogens with zero attached hydrogens (tertiary/aromatic N) is 1. The number of esters is 1. The van der Waals surface area contributed by atoms with Gasteiger partial charge < -0.3 is 14.8 Å². The number of carbonyl (C=O) groups excluding carboxylic acids is 2. The number of unbranched alkanes of at least 4 members (excludes halogenated alkanes) is 1. The van der Waals surface area contributed by atoms with E-state index in [4.69, 9.17) is 9.47 Å². The maximum atomic E-state index is 13.1. The zero-order valence-corrected chi connectivity index (χ0v) is 17.5. The van der Waals surface area contributed by atoms with E-state index in [0.717, 1.165) is 18.4 Å². The lowest BCUT2D eigenvalue weighted by Gasteiger charge is -2.39. The lowest BCUT2D eigenvalue weighted by Crippen LogP contribution is -2.56. The molecule has 5 atom stereocenters. The van der Waals surface area contributed by atoms with Crippen LogP contribution >= 0.6 is 0 Å². The van der Waals surface area contributed by atoms with Crippen molar-refractivity contribution in [3.8, 4) is 0 Å². The Hall–Kier alpha value is -2.18. The molecule has 2 heterocycles. The van der Waals surface area contributed by atoms with Crippen LogP contribution in [0.1, 0.15) is 38.7 Å². The van der Waals surface area contributed by atoms with Gasteiger partial charge >= 0.3 is 5.97 Å². The summed E-state index contributed by atoms with van der Waals surface area (Å²) in [7, 11) is 1.41. The highest BCUT2D eigenvalue weighted by atomic mass is 16.5. The normalized spacial score (nSPS) is 25.9. The predicted molar refractivity (Wildman–Crippen MR) is 111 cm³/mol. The monoisotopic (exact) mass is 400 g/mol. The fraction of sp³-hybridized carbons (Fsp3) is 0.565. The highest BCUT2D eigenvalue weighted by Crippen LogP contribution is 2.39. The molecule has 1 amide bonds. The largest absolute Gasteiger partial charge is 0.469 e. The van der Waals surface area contributed by atoms with Crippen molar-refractivity contribution in [2.75, 3.05) is 13.7 Å². The Morgan fingerprint density at radius 2 is 1.90 bits per heavy atom. The van der Waals surface area contributed by atoms with Crippen molar-refractivity contribution >= 4 is 11.9 Å². The van der Waals surface area contributed by atoms with Crippen molar-refractivity contribution in [1.82, 2.24) is 10.2 Å². The molecule has 2 bridgehead atoms. The van der Waals surface area contributed by atoms with Gasteiger partial charge in [-0.1, -0.05) is 62.8 Å². The van der Waals surface area contributed by atoms with Gasteiger partial charge in [0.15, 0.2) is 0 Å². The van der Waals surface area contributed by atoms with Gasteiger partial charge in [0.25, 0.3) is 0 Å². The van der Waals surface area contributed by atoms with E-state index in [1.807, 2.05) is 49.4 Å². The molecule has 1 N–H and O–H groups in total. The molecule has 0 aromatic heterocycles. The van der Waals surface area contributed by atoms with Gasteiger partial charge in [-0.05, 0) is 18.4 Å². The van der Waals surface area contributed by atoms with E-state index >= 15 is 0 Å². The van der Waals surface area contributed by atoms with Crippen LogP contribution < -0.4 is 5.32 Å². The molecule has 1 aromatic carbocycles. The predicted octanol–water partition coefficient (Wildman–Crippen LogP) is 2.68. The average Bonchev–Trinajstić information content (AvgIpc) is 3.35. The van der Waals surface area contributed by atoms with E-state index in [1.165, 1.54) is 7.11 Å². The minimum Gasteiger partial charge on any atom is -0.469 e. The van der Waals surface area contributed by atoms with Gasteiger partial charge in [-0.2, -0.15) is 0 Å². The Morgan fingerprint density at radius 1 is 1.17 bits per heavy atom. The van der Waals surface area contributed by atoms with Crippen molar-refractivity contribution in [1.29, 1.82) is 0 Å². The van der Waals surface area contributed by atoms with Crippen molar-refractivity contribution in [2.45, 2.75) is 63.9 Å². The molecule has 1 unspecified atom stereocenters. The molecule has 29 heavy (non-hydrogen) atoms. The van der Waals surface area contributed by atoms with E-state index in [9.17, 15) is 9.59 Å². The molecule has 1 aromatic rings. The van der Waals surface area contributed by atoms with Crippen LogP contribution in [0.2, 0.25) is 0 Å². The number of amides is 1. The Balaban J connectivity index is 1.90. The summed E-state index contributed by atoms with van der Waals surface area (Å²) < 4.78 is 11.1. The van der Waals surface area contributed by atoms with Crippen LogP contribution in [0.3, 0.4) is 0 Å². The molecule has 1 saturated heterocycles. The van der Waals surface area contributed by atoms with E-state index in [2.05, 4.69) is 17.1 Å². The van der Waals surface area contributed by atoms with Crippen LogP contribution in [-0.2, 0) is 25.6 Å². The number of methoxy groups -OCH3 is 1. The third-order valence-corrected chi connectivity index (χ3v) is 5.85. The van der Waals surface area contributed by atoms with Gasteiger partial charge in [0.1, 0.15) is 5.92 Å². The highest BCUT2D eigenvalue weighted by Gasteiger charge is 2.54. The van der Waals surface area contributed by atoms with Crippen LogP contribution in [0.25, 0.3) is 0 Å². The van der Waals surface area contributed by atoms with Gasteiger partial charge in [0.05, 0.1) is 31.4 Å². The Bertz CT molecular complexity index is 721. The number of hydrogen-bond donors (Lipinski definition) is 1. The van der Waals surface area contributed by atoms with E-state index < -0.39 is 5.92 Å². The highest BCUT2D eigenvalue weighted by molar-refractivity contribution is 5.82. The zero-order chi connectivity index (χ0) is 20.8. The lowest BCUT2D eigenvalue weighted by molar-refractivity contribution is -0.149. The summed E-state index contributed by atoms with van der Waals surface area (Å²) in [5, 5.41) is 3.07. The number of nitrogens with one attached hydrogen (secondary N) is 1. The van der Waals surface area contributed by atoms with Gasteiger partial charge in [-0.25, -0.2) is 0 Å². The van der Waals surface area contributed by atoms with E-state index in [1.54, 1.807) is 0 Å². The molecule has 0 radical (unpaired) electrons. The Morgan fingerprint density at radius 3 is 2.55 bits per heavy atom. The fourth-order valence-corrected chi connectivity index (χ4v) is 4.39. The van der Waals surface area contributed by atoms with Crippen LogP contribution in [0, 0.1) is 5.92 Å². The first-order chi connectivity index (χ1) is 14.1. The van der Waals surface area contributed by atoms with Gasteiger partial charge in [0, 0.05) is 13.1 Å². The Labute approximate surface area is 173 Å². The summed E-state index contributed by atoms with van der Waals surface area (Å²) in [6.07, 6.45) is 6.06. The van der Waals surface area contributed by atoms with E-state index in [-0.39, 0.29) is 36.2 Å². The first-order valence-corrected chi connectivity index (χ1v) is 10.6. The van der Waals surface area contributed by atoms with Crippen LogP contribution in [0.5, 0.6) is 0 Å². The molecule has 2 aliphatic rings. The smallest absolute Gasteiger partial charge is 0.313 e. The third kappa shape index (κ3) is 4.70. The molecule has 0 saturated carbocycles. The zero-order valence-electron chi connectivity index (χ0n) is 17.5. The second-order valence-corrected chi connectivity index (χ2v) is 7.72. The molecule has 6 nitrogen and oxygen atoms in total. The van der Waals surface area contributed by atoms with Gasteiger partial charge in [-0.3, -0.25) is 14.5 Å². The lowest BCUT2D eigenvalue weighted by atomic mass is 9.86. The number of rotatable bonds is 10. The second-order valence-electron chi connectivity index (χ2n) is 7.72. The molecule has 3 rings (SSSR count). The molecule has 0 spiro atoms. The van der Waals surface area contributed by atoms with Crippen molar-refractivity contribution < 1.29 is 19.1 Å². The average molecular weight is 401 g/mol. The fourth-order valence-electron chi connectivity index (χ4n) is 4.39. The minimum absolute atomic E-state index is 0.00671. The number of hydrogen-bond acceptors (Lipinski definition) is 5. The van der Waals surface area contributed by atoms with Crippen LogP contribution in [0.4, 0.5) is 0 Å². The number of carbonyl (C=O) groups is 2. The summed E-state index contributed by atoms with van der Waals surface area (Å²) >= 11 is 0. The standard InChI is InChI=1S/C23H32N2O4/c1-4-6-14-24-22(26)17(5-2)25(15-16-10-8-7-9-11-16)21-19-13-12-18(29-19)20(21)23(27)28-3/h7-13,17-21H,4-6,14-15H2,1-3H3,(H,24,26)/t17?,18-,19+,20-,21-/m1/s1. The number of benzene rings is 1. The first-order valence-electron chi connectivity index (χ1n) is 10.6. The Kier molecular flexibility index (Phi) is 7.45. The topological polar surface area (TPSA) is 67.9 Å². The molecule has 0 aliphatic carbocycles. The molecule has 6 heteroatoms. The molecular formula is C23H32N2O4. The van der Waals surface area contributed by atoms with Crippen molar-refractivity contribution in [3.63, 3.8) is 0 Å². The van der Waals surface area contributed by atoms with Gasteiger partial charge in [0.2, 0.25) is 5.91 Å². The maximum absolute atomic E-state index is 13.1. The van der Waals surface area contributed by atoms with Gasteiger partial charge in [-0.15, -0.1) is 0 Å². The summed E-state index contributed by atoms with van der Waals surface area (Å²) in [5.41, 5.74) is 1.10. The maximum Gasteiger partial charge on any atom is 0.313 e. The van der Waals surface area contributed by atoms with Crippen molar-refractivity contribution in [2.24, 2.45) is 5.92 Å². The second kappa shape index (κ2) is 10.0. The van der Waals surface area contributed by atoms with E-state index in [0.29, 0.717) is 19.5 Å². The molecule has 2 aliphatic heterocycles.